The van der Waals surface area contributed by atoms with Crippen LogP contribution in [0.2, 0.25) is 0 Å². The molecule has 2 N–H and O–H groups in total. The highest BCUT2D eigenvalue weighted by molar-refractivity contribution is 7.99. The summed E-state index contributed by atoms with van der Waals surface area (Å²) < 4.78 is 26.5. The lowest BCUT2D eigenvalue weighted by molar-refractivity contribution is -0.134. The van der Waals surface area contributed by atoms with Crippen LogP contribution in [-0.4, -0.2) is 41.1 Å². The van der Waals surface area contributed by atoms with E-state index in [1.54, 1.807) is 12.1 Å². The van der Waals surface area contributed by atoms with Crippen LogP contribution in [0, 0.1) is 11.6 Å². The quantitative estimate of drug-likeness (QED) is 0.723. The maximum Gasteiger partial charge on any atom is 0.328 e. The molecule has 8 heteroatoms. The summed E-state index contributed by atoms with van der Waals surface area (Å²) in [6, 6.07) is 11.1. The molecule has 0 aliphatic rings. The molecule has 0 bridgehead atoms. The van der Waals surface area contributed by atoms with Crippen molar-refractivity contribution in [1.29, 1.82) is 0 Å². The van der Waals surface area contributed by atoms with Gasteiger partial charge >= 0.3 is 11.9 Å². The molecule has 2 aromatic rings. The van der Waals surface area contributed by atoms with Gasteiger partial charge in [0.05, 0.1) is 0 Å². The first-order chi connectivity index (χ1) is 12.7. The Morgan fingerprint density at radius 3 is 2.11 bits per heavy atom. The molecule has 0 aromatic heterocycles. The molecular weight excluding hydrogens is 376 g/mol. The van der Waals surface area contributed by atoms with Crippen LogP contribution in [0.1, 0.15) is 5.56 Å². The fourth-order valence-corrected chi connectivity index (χ4v) is 2.87. The number of halogens is 2. The van der Waals surface area contributed by atoms with E-state index in [2.05, 4.69) is 0 Å². The number of rotatable bonds is 6. The van der Waals surface area contributed by atoms with Crippen molar-refractivity contribution in [2.45, 2.75) is 16.3 Å². The van der Waals surface area contributed by atoms with Gasteiger partial charge in [-0.2, -0.15) is 0 Å². The molecule has 0 radical (unpaired) electrons. The molecule has 0 saturated heterocycles. The Balaban J connectivity index is 0.000000387. The van der Waals surface area contributed by atoms with Crippen molar-refractivity contribution < 1.29 is 28.6 Å². The van der Waals surface area contributed by atoms with E-state index in [4.69, 9.17) is 10.2 Å². The highest BCUT2D eigenvalue weighted by Crippen LogP contribution is 2.31. The number of aliphatic carboxylic acids is 2. The van der Waals surface area contributed by atoms with E-state index < -0.39 is 11.9 Å². The minimum Gasteiger partial charge on any atom is -0.478 e. The van der Waals surface area contributed by atoms with Gasteiger partial charge in [0.2, 0.25) is 0 Å². The molecule has 2 aromatic carbocycles. The van der Waals surface area contributed by atoms with Crippen LogP contribution in [0.15, 0.2) is 64.4 Å². The molecule has 2 rings (SSSR count). The summed E-state index contributed by atoms with van der Waals surface area (Å²) in [7, 11) is 3.86. The van der Waals surface area contributed by atoms with Gasteiger partial charge in [0, 0.05) is 28.5 Å². The first-order valence-corrected chi connectivity index (χ1v) is 8.49. The van der Waals surface area contributed by atoms with Crippen molar-refractivity contribution in [3.8, 4) is 0 Å². The molecule has 0 amide bonds. The van der Waals surface area contributed by atoms with Gasteiger partial charge in [-0.05, 0) is 56.1 Å². The van der Waals surface area contributed by atoms with Crippen LogP contribution in [0.25, 0.3) is 0 Å². The number of carbonyl (C=O) groups is 2. The zero-order valence-corrected chi connectivity index (χ0v) is 15.5. The van der Waals surface area contributed by atoms with E-state index in [1.165, 1.54) is 36.0 Å². The molecule has 0 aliphatic carbocycles. The average Bonchev–Trinajstić information content (AvgIpc) is 2.56. The lowest BCUT2D eigenvalue weighted by Gasteiger charge is -2.14. The van der Waals surface area contributed by atoms with Crippen LogP contribution in [0.3, 0.4) is 0 Å². The zero-order chi connectivity index (χ0) is 20.4. The van der Waals surface area contributed by atoms with Crippen LogP contribution in [0.4, 0.5) is 8.78 Å². The monoisotopic (exact) mass is 395 g/mol. The van der Waals surface area contributed by atoms with Gasteiger partial charge in [-0.1, -0.05) is 17.8 Å². The second kappa shape index (κ2) is 11.1. The number of hydrogen-bond acceptors (Lipinski definition) is 4. The smallest absolute Gasteiger partial charge is 0.328 e. The van der Waals surface area contributed by atoms with Crippen molar-refractivity contribution in [2.75, 3.05) is 14.1 Å². The van der Waals surface area contributed by atoms with Crippen molar-refractivity contribution in [2.24, 2.45) is 0 Å². The van der Waals surface area contributed by atoms with Crippen molar-refractivity contribution in [1.82, 2.24) is 4.90 Å². The third kappa shape index (κ3) is 9.53. The molecular formula is C19H19F2NO4S. The fraction of sp³-hybridized carbons (Fsp3) is 0.158. The molecule has 5 nitrogen and oxygen atoms in total. The fourth-order valence-electron chi connectivity index (χ4n) is 1.91. The van der Waals surface area contributed by atoms with Gasteiger partial charge in [-0.15, -0.1) is 0 Å². The standard InChI is InChI=1S/C15H15F2NS.C4H4O4/c1-18(2)10-11-8-13(17)6-7-15(11)19-14-5-3-4-12(16)9-14;5-3(6)1-2-4(7)8/h3-9H,10H2,1-2H3;1-2H,(H,5,6)(H,7,8)/b;2-1-. The van der Waals surface area contributed by atoms with Gasteiger partial charge in [-0.25, -0.2) is 18.4 Å². The topological polar surface area (TPSA) is 77.8 Å². The summed E-state index contributed by atoms with van der Waals surface area (Å²) in [4.78, 5) is 22.8. The molecule has 0 spiro atoms. The SMILES string of the molecule is CN(C)Cc1cc(F)ccc1Sc1cccc(F)c1.O=C(O)/C=C\C(=O)O. The van der Waals surface area contributed by atoms with Crippen molar-refractivity contribution >= 4 is 23.7 Å². The predicted molar refractivity (Wildman–Crippen MR) is 98.7 cm³/mol. The highest BCUT2D eigenvalue weighted by atomic mass is 32.2. The summed E-state index contributed by atoms with van der Waals surface area (Å²) in [5.41, 5.74) is 0.902. The van der Waals surface area contributed by atoms with Crippen molar-refractivity contribution in [3.05, 3.63) is 71.8 Å². The van der Waals surface area contributed by atoms with E-state index in [0.717, 1.165) is 15.4 Å². The Kier molecular flexibility index (Phi) is 9.18. The Morgan fingerprint density at radius 1 is 1.00 bits per heavy atom. The van der Waals surface area contributed by atoms with E-state index >= 15 is 0 Å². The van der Waals surface area contributed by atoms with E-state index in [0.29, 0.717) is 18.7 Å². The van der Waals surface area contributed by atoms with E-state index in [1.807, 2.05) is 25.1 Å². The second-order valence-electron chi connectivity index (χ2n) is 5.56. The molecule has 0 aliphatic heterocycles. The lowest BCUT2D eigenvalue weighted by atomic mass is 10.2. The first-order valence-electron chi connectivity index (χ1n) is 7.68. The predicted octanol–water partition coefficient (Wildman–Crippen LogP) is 3.89. The highest BCUT2D eigenvalue weighted by Gasteiger charge is 2.08. The lowest BCUT2D eigenvalue weighted by Crippen LogP contribution is -2.11. The molecule has 144 valence electrons. The first kappa shape index (κ1) is 22.3. The normalized spacial score (nSPS) is 10.6. The van der Waals surface area contributed by atoms with Crippen molar-refractivity contribution in [3.63, 3.8) is 0 Å². The van der Waals surface area contributed by atoms with Crippen LogP contribution < -0.4 is 0 Å². The zero-order valence-electron chi connectivity index (χ0n) is 14.7. The molecule has 0 heterocycles. The van der Waals surface area contributed by atoms with Gasteiger partial charge in [0.15, 0.2) is 0 Å². The Labute approximate surface area is 159 Å². The average molecular weight is 395 g/mol. The molecule has 0 unspecified atom stereocenters. The molecule has 0 saturated carbocycles. The summed E-state index contributed by atoms with van der Waals surface area (Å²) in [6.07, 6.45) is 1.12. The molecule has 0 fully saturated rings. The van der Waals surface area contributed by atoms with E-state index in [-0.39, 0.29) is 11.6 Å². The molecule has 27 heavy (non-hydrogen) atoms. The molecule has 0 atom stereocenters. The van der Waals surface area contributed by atoms with E-state index in [9.17, 15) is 18.4 Å². The summed E-state index contributed by atoms with van der Waals surface area (Å²) in [5.74, 6) is -3.03. The van der Waals surface area contributed by atoms with Gasteiger partial charge in [0.25, 0.3) is 0 Å². The van der Waals surface area contributed by atoms with Gasteiger partial charge < -0.3 is 15.1 Å². The minimum absolute atomic E-state index is 0.250. The Hall–Kier alpha value is -2.71. The minimum atomic E-state index is -1.26. The number of benzene rings is 2. The number of carboxylic acids is 2. The summed E-state index contributed by atoms with van der Waals surface area (Å²) in [6.45, 7) is 0.648. The van der Waals surface area contributed by atoms with Gasteiger partial charge in [0.1, 0.15) is 11.6 Å². The summed E-state index contributed by atoms with van der Waals surface area (Å²) >= 11 is 1.45. The second-order valence-corrected chi connectivity index (χ2v) is 6.67. The summed E-state index contributed by atoms with van der Waals surface area (Å²) in [5, 5.41) is 15.6. The Bertz CT molecular complexity index is 809. The van der Waals surface area contributed by atoms with Crippen LogP contribution in [-0.2, 0) is 16.1 Å². The van der Waals surface area contributed by atoms with Crippen LogP contribution >= 0.6 is 11.8 Å². The number of hydrogen-bond donors (Lipinski definition) is 2. The maximum absolute atomic E-state index is 13.3. The third-order valence-corrected chi connectivity index (χ3v) is 4.01. The maximum atomic E-state index is 13.3. The number of nitrogens with zero attached hydrogens (tertiary/aromatic N) is 1. The van der Waals surface area contributed by atoms with Crippen LogP contribution in [0.5, 0.6) is 0 Å². The number of carboxylic acid groups (broad SMARTS) is 2. The van der Waals surface area contributed by atoms with Gasteiger partial charge in [-0.3, -0.25) is 0 Å². The largest absolute Gasteiger partial charge is 0.478 e. The third-order valence-electron chi connectivity index (χ3n) is 2.90. The Morgan fingerprint density at radius 2 is 1.59 bits per heavy atom.